The summed E-state index contributed by atoms with van der Waals surface area (Å²) in [5.41, 5.74) is 1.84. The highest BCUT2D eigenvalue weighted by Gasteiger charge is 2.21. The van der Waals surface area contributed by atoms with Gasteiger partial charge in [-0.1, -0.05) is 36.4 Å². The lowest BCUT2D eigenvalue weighted by Crippen LogP contribution is -2.28. The van der Waals surface area contributed by atoms with Crippen molar-refractivity contribution in [2.75, 3.05) is 20.3 Å². The lowest BCUT2D eigenvalue weighted by Gasteiger charge is -2.11. The predicted octanol–water partition coefficient (Wildman–Crippen LogP) is 3.22. The van der Waals surface area contributed by atoms with Crippen LogP contribution >= 0.6 is 0 Å². The van der Waals surface area contributed by atoms with Crippen molar-refractivity contribution in [2.45, 2.75) is 6.92 Å². The van der Waals surface area contributed by atoms with E-state index in [-0.39, 0.29) is 24.1 Å². The lowest BCUT2D eigenvalue weighted by atomic mass is 10.1. The van der Waals surface area contributed by atoms with Gasteiger partial charge in [0.25, 0.3) is 5.91 Å². The molecule has 0 saturated heterocycles. The summed E-state index contributed by atoms with van der Waals surface area (Å²) < 4.78 is 16.0. The number of aliphatic imine (C=N–C) groups is 1. The van der Waals surface area contributed by atoms with E-state index in [1.54, 1.807) is 30.4 Å². The normalized spacial score (nSPS) is 14.5. The number of nitrogens with zero attached hydrogens (tertiary/aromatic N) is 1. The highest BCUT2D eigenvalue weighted by atomic mass is 16.6. The van der Waals surface area contributed by atoms with Crippen LogP contribution in [-0.2, 0) is 14.3 Å². The molecule has 7 heteroatoms. The molecule has 30 heavy (non-hydrogen) atoms. The topological polar surface area (TPSA) is 86.2 Å². The molecule has 1 amide bonds. The van der Waals surface area contributed by atoms with E-state index in [0.29, 0.717) is 23.6 Å². The number of ether oxygens (including phenoxy) is 3. The van der Waals surface area contributed by atoms with Crippen molar-refractivity contribution in [3.63, 3.8) is 0 Å². The van der Waals surface area contributed by atoms with Crippen LogP contribution in [0.4, 0.5) is 0 Å². The molecular weight excluding hydrogens is 384 g/mol. The number of amides is 1. The number of hydrogen-bond donors (Lipinski definition) is 1. The largest absolute Gasteiger partial charge is 0.493 e. The summed E-state index contributed by atoms with van der Waals surface area (Å²) in [6, 6.07) is 14.7. The Bertz CT molecular complexity index is 1010. The van der Waals surface area contributed by atoms with Crippen LogP contribution in [0.5, 0.6) is 11.5 Å². The number of benzene rings is 2. The van der Waals surface area contributed by atoms with Gasteiger partial charge in [0, 0.05) is 12.6 Å². The van der Waals surface area contributed by atoms with Gasteiger partial charge in [0.05, 0.1) is 7.11 Å². The molecular formula is C23H22N2O5. The number of carbonyl (C=O) groups is 2. The van der Waals surface area contributed by atoms with E-state index in [2.05, 4.69) is 10.3 Å². The van der Waals surface area contributed by atoms with Gasteiger partial charge in [0.1, 0.15) is 0 Å². The minimum atomic E-state index is -0.529. The first-order chi connectivity index (χ1) is 14.6. The Kier molecular flexibility index (Phi) is 7.00. The summed E-state index contributed by atoms with van der Waals surface area (Å²) in [5.74, 6) is 0.343. The summed E-state index contributed by atoms with van der Waals surface area (Å²) >= 11 is 0. The van der Waals surface area contributed by atoms with Crippen LogP contribution in [0, 0.1) is 0 Å². The van der Waals surface area contributed by atoms with Crippen molar-refractivity contribution >= 4 is 29.9 Å². The third-order valence-electron chi connectivity index (χ3n) is 4.08. The molecule has 0 saturated carbocycles. The van der Waals surface area contributed by atoms with Gasteiger partial charge in [-0.25, -0.2) is 9.79 Å². The van der Waals surface area contributed by atoms with E-state index >= 15 is 0 Å². The number of esters is 1. The Morgan fingerprint density at radius 1 is 1.10 bits per heavy atom. The minimum Gasteiger partial charge on any atom is -0.493 e. The monoisotopic (exact) mass is 406 g/mol. The van der Waals surface area contributed by atoms with Gasteiger partial charge in [-0.3, -0.25) is 4.79 Å². The standard InChI is InChI=1S/C23H22N2O5/c1-3-24-21(26)15-29-19-11-9-17(14-20(19)28-2)13-18-23(27)30-22(25-18)12-10-16-7-5-4-6-8-16/h4-14H,3,15H2,1-2H3,(H,24,26)/b12-10+,18-13-. The van der Waals surface area contributed by atoms with Gasteiger partial charge in [-0.15, -0.1) is 0 Å². The summed E-state index contributed by atoms with van der Waals surface area (Å²) in [7, 11) is 1.50. The molecule has 2 aromatic carbocycles. The second kappa shape index (κ2) is 10.1. The van der Waals surface area contributed by atoms with Crippen molar-refractivity contribution in [3.05, 3.63) is 71.4 Å². The van der Waals surface area contributed by atoms with Crippen LogP contribution < -0.4 is 14.8 Å². The number of likely N-dealkylation sites (N-methyl/N-ethyl adjacent to an activating group) is 1. The molecule has 0 atom stereocenters. The third kappa shape index (κ3) is 5.57. The molecule has 1 heterocycles. The minimum absolute atomic E-state index is 0.113. The molecule has 1 N–H and O–H groups in total. The molecule has 0 spiro atoms. The third-order valence-corrected chi connectivity index (χ3v) is 4.08. The number of rotatable bonds is 8. The molecule has 3 rings (SSSR count). The first kappa shape index (κ1) is 20.9. The fourth-order valence-corrected chi connectivity index (χ4v) is 2.67. The molecule has 2 aromatic rings. The molecule has 0 aliphatic carbocycles. The highest BCUT2D eigenvalue weighted by molar-refractivity contribution is 6.11. The molecule has 0 bridgehead atoms. The zero-order valence-electron chi connectivity index (χ0n) is 16.8. The predicted molar refractivity (Wildman–Crippen MR) is 114 cm³/mol. The molecule has 7 nitrogen and oxygen atoms in total. The first-order valence-electron chi connectivity index (χ1n) is 9.42. The number of nitrogens with one attached hydrogen (secondary N) is 1. The Morgan fingerprint density at radius 2 is 1.90 bits per heavy atom. The molecule has 0 fully saturated rings. The quantitative estimate of drug-likeness (QED) is 0.537. The van der Waals surface area contributed by atoms with E-state index in [4.69, 9.17) is 14.2 Å². The fraction of sp³-hybridized carbons (Fsp3) is 0.174. The maximum Gasteiger partial charge on any atom is 0.363 e. The van der Waals surface area contributed by atoms with Crippen LogP contribution in [0.1, 0.15) is 18.1 Å². The Balaban J connectivity index is 1.73. The second-order valence-electron chi connectivity index (χ2n) is 6.27. The van der Waals surface area contributed by atoms with E-state index in [0.717, 1.165) is 5.56 Å². The average molecular weight is 406 g/mol. The van der Waals surface area contributed by atoms with Crippen molar-refractivity contribution in [2.24, 2.45) is 4.99 Å². The van der Waals surface area contributed by atoms with E-state index in [1.165, 1.54) is 7.11 Å². The van der Waals surface area contributed by atoms with Gasteiger partial charge in [-0.05, 0) is 42.3 Å². The Hall–Kier alpha value is -3.87. The van der Waals surface area contributed by atoms with Crippen molar-refractivity contribution < 1.29 is 23.8 Å². The number of hydrogen-bond acceptors (Lipinski definition) is 6. The maximum atomic E-state index is 12.1. The summed E-state index contributed by atoms with van der Waals surface area (Å²) in [6.07, 6.45) is 5.06. The van der Waals surface area contributed by atoms with Crippen LogP contribution in [0.2, 0.25) is 0 Å². The van der Waals surface area contributed by atoms with Gasteiger partial charge in [0.2, 0.25) is 5.90 Å². The van der Waals surface area contributed by atoms with Gasteiger partial charge < -0.3 is 19.5 Å². The molecule has 0 aromatic heterocycles. The zero-order valence-corrected chi connectivity index (χ0v) is 16.8. The zero-order chi connectivity index (χ0) is 21.3. The van der Waals surface area contributed by atoms with Crippen LogP contribution in [-0.4, -0.2) is 38.0 Å². The molecule has 1 aliphatic heterocycles. The van der Waals surface area contributed by atoms with Crippen LogP contribution in [0.25, 0.3) is 12.2 Å². The van der Waals surface area contributed by atoms with Crippen LogP contribution in [0.15, 0.2) is 65.3 Å². The number of methoxy groups -OCH3 is 1. The smallest absolute Gasteiger partial charge is 0.363 e. The Labute approximate surface area is 174 Å². The number of carbonyl (C=O) groups excluding carboxylic acids is 2. The maximum absolute atomic E-state index is 12.1. The van der Waals surface area contributed by atoms with Gasteiger partial charge in [-0.2, -0.15) is 0 Å². The van der Waals surface area contributed by atoms with Gasteiger partial charge in [0.15, 0.2) is 23.8 Å². The Morgan fingerprint density at radius 3 is 2.63 bits per heavy atom. The summed E-state index contributed by atoms with van der Waals surface area (Å²) in [5, 5.41) is 2.66. The fourth-order valence-electron chi connectivity index (χ4n) is 2.67. The van der Waals surface area contributed by atoms with E-state index in [9.17, 15) is 9.59 Å². The van der Waals surface area contributed by atoms with Crippen molar-refractivity contribution in [1.29, 1.82) is 0 Å². The number of cyclic esters (lactones) is 1. The average Bonchev–Trinajstić information content (AvgIpc) is 3.11. The van der Waals surface area contributed by atoms with Crippen LogP contribution in [0.3, 0.4) is 0 Å². The highest BCUT2D eigenvalue weighted by Crippen LogP contribution is 2.29. The van der Waals surface area contributed by atoms with Gasteiger partial charge >= 0.3 is 5.97 Å². The second-order valence-corrected chi connectivity index (χ2v) is 6.27. The van der Waals surface area contributed by atoms with E-state index in [1.807, 2.05) is 43.3 Å². The molecule has 0 radical (unpaired) electrons. The van der Waals surface area contributed by atoms with Crippen molar-refractivity contribution in [1.82, 2.24) is 5.32 Å². The molecule has 0 unspecified atom stereocenters. The van der Waals surface area contributed by atoms with Crippen molar-refractivity contribution in [3.8, 4) is 11.5 Å². The van der Waals surface area contributed by atoms with E-state index < -0.39 is 5.97 Å². The summed E-state index contributed by atoms with van der Waals surface area (Å²) in [6.45, 7) is 2.25. The molecule has 1 aliphatic rings. The SMILES string of the molecule is CCNC(=O)COc1ccc(/C=C2N=C(/C=C/c3ccccc3)OC\2=O)cc1OC. The first-order valence-corrected chi connectivity index (χ1v) is 9.42. The molecule has 154 valence electrons. The lowest BCUT2D eigenvalue weighted by molar-refractivity contribution is -0.130. The summed E-state index contributed by atoms with van der Waals surface area (Å²) in [4.78, 5) is 27.9.